The Morgan fingerprint density at radius 1 is 1.33 bits per heavy atom. The normalized spacial score (nSPS) is 26.7. The molecule has 1 aliphatic carbocycles. The van der Waals surface area contributed by atoms with Gasteiger partial charge < -0.3 is 4.74 Å². The molecule has 0 aromatic carbocycles. The maximum absolute atomic E-state index is 11.3. The number of hydrogen-bond acceptors (Lipinski definition) is 2. The van der Waals surface area contributed by atoms with E-state index in [-0.39, 0.29) is 12.1 Å². The Labute approximate surface area is 93.4 Å². The van der Waals surface area contributed by atoms with Crippen LogP contribution in [0.15, 0.2) is 0 Å². The fourth-order valence-electron chi connectivity index (χ4n) is 2.46. The molecule has 2 heteroatoms. The maximum atomic E-state index is 11.3. The summed E-state index contributed by atoms with van der Waals surface area (Å²) >= 11 is 0. The Bertz CT molecular complexity index is 199. The first-order chi connectivity index (χ1) is 7.13. The zero-order valence-corrected chi connectivity index (χ0v) is 10.3. The molecular formula is C13H24O2. The minimum atomic E-state index is -0.0318. The number of carbonyl (C=O) groups excluding carboxylic acids is 1. The van der Waals surface area contributed by atoms with Crippen LogP contribution < -0.4 is 0 Å². The van der Waals surface area contributed by atoms with Crippen molar-refractivity contribution in [1.29, 1.82) is 0 Å². The third-order valence-electron chi connectivity index (χ3n) is 3.18. The second kappa shape index (κ2) is 6.14. The van der Waals surface area contributed by atoms with Crippen molar-refractivity contribution in [2.75, 3.05) is 0 Å². The fourth-order valence-corrected chi connectivity index (χ4v) is 2.46. The van der Waals surface area contributed by atoms with Gasteiger partial charge in [0.25, 0.3) is 0 Å². The van der Waals surface area contributed by atoms with Gasteiger partial charge in [0.1, 0.15) is 6.10 Å². The van der Waals surface area contributed by atoms with Crippen LogP contribution in [0.25, 0.3) is 0 Å². The number of carbonyl (C=O) groups is 1. The first kappa shape index (κ1) is 12.5. The highest BCUT2D eigenvalue weighted by Crippen LogP contribution is 2.31. The second-order valence-electron chi connectivity index (χ2n) is 5.06. The lowest BCUT2D eigenvalue weighted by Gasteiger charge is -2.32. The molecule has 0 radical (unpaired) electrons. The van der Waals surface area contributed by atoms with Crippen molar-refractivity contribution in [2.45, 2.75) is 65.4 Å². The molecule has 2 atom stereocenters. The van der Waals surface area contributed by atoms with Crippen LogP contribution in [0.5, 0.6) is 0 Å². The van der Waals surface area contributed by atoms with Gasteiger partial charge in [-0.1, -0.05) is 27.2 Å². The number of rotatable bonds is 4. The SMILES string of the molecule is CCC(=O)OC1CCCCC1CC(C)C. The van der Waals surface area contributed by atoms with Gasteiger partial charge in [0, 0.05) is 6.42 Å². The lowest BCUT2D eigenvalue weighted by Crippen LogP contribution is -2.30. The zero-order valence-electron chi connectivity index (χ0n) is 10.3. The third-order valence-corrected chi connectivity index (χ3v) is 3.18. The summed E-state index contributed by atoms with van der Waals surface area (Å²) < 4.78 is 5.52. The Balaban J connectivity index is 2.45. The minimum Gasteiger partial charge on any atom is -0.462 e. The van der Waals surface area contributed by atoms with E-state index in [1.165, 1.54) is 25.7 Å². The van der Waals surface area contributed by atoms with E-state index in [0.717, 1.165) is 6.42 Å². The number of hydrogen-bond donors (Lipinski definition) is 0. The van der Waals surface area contributed by atoms with Gasteiger partial charge in [-0.15, -0.1) is 0 Å². The van der Waals surface area contributed by atoms with Crippen LogP contribution in [0.4, 0.5) is 0 Å². The molecule has 0 saturated heterocycles. The summed E-state index contributed by atoms with van der Waals surface area (Å²) in [6.45, 7) is 6.35. The average molecular weight is 212 g/mol. The zero-order chi connectivity index (χ0) is 11.3. The predicted octanol–water partition coefficient (Wildman–Crippen LogP) is 3.54. The number of esters is 1. The van der Waals surface area contributed by atoms with Crippen molar-refractivity contribution >= 4 is 5.97 Å². The van der Waals surface area contributed by atoms with Crippen LogP contribution in [-0.2, 0) is 9.53 Å². The van der Waals surface area contributed by atoms with Gasteiger partial charge in [0.05, 0.1) is 0 Å². The Hall–Kier alpha value is -0.530. The lowest BCUT2D eigenvalue weighted by molar-refractivity contribution is -0.153. The smallest absolute Gasteiger partial charge is 0.305 e. The molecule has 0 aromatic rings. The maximum Gasteiger partial charge on any atom is 0.305 e. The molecule has 0 bridgehead atoms. The molecule has 88 valence electrons. The molecule has 0 aliphatic heterocycles. The van der Waals surface area contributed by atoms with Gasteiger partial charge in [0.2, 0.25) is 0 Å². The van der Waals surface area contributed by atoms with Crippen molar-refractivity contribution in [1.82, 2.24) is 0 Å². The monoisotopic (exact) mass is 212 g/mol. The Kier molecular flexibility index (Phi) is 5.13. The Morgan fingerprint density at radius 3 is 2.60 bits per heavy atom. The van der Waals surface area contributed by atoms with Crippen molar-refractivity contribution in [3.63, 3.8) is 0 Å². The van der Waals surface area contributed by atoms with E-state index in [0.29, 0.717) is 18.3 Å². The summed E-state index contributed by atoms with van der Waals surface area (Å²) in [5.41, 5.74) is 0. The summed E-state index contributed by atoms with van der Waals surface area (Å²) in [4.78, 5) is 11.3. The summed E-state index contributed by atoms with van der Waals surface area (Å²) in [5, 5.41) is 0. The highest BCUT2D eigenvalue weighted by Gasteiger charge is 2.28. The topological polar surface area (TPSA) is 26.3 Å². The molecule has 0 N–H and O–H groups in total. The molecule has 2 nitrogen and oxygen atoms in total. The molecule has 2 unspecified atom stereocenters. The highest BCUT2D eigenvalue weighted by molar-refractivity contribution is 5.69. The van der Waals surface area contributed by atoms with E-state index >= 15 is 0 Å². The lowest BCUT2D eigenvalue weighted by atomic mass is 9.81. The minimum absolute atomic E-state index is 0.0318. The molecule has 1 fully saturated rings. The van der Waals surface area contributed by atoms with Crippen LogP contribution >= 0.6 is 0 Å². The van der Waals surface area contributed by atoms with Crippen molar-refractivity contribution < 1.29 is 9.53 Å². The highest BCUT2D eigenvalue weighted by atomic mass is 16.5. The molecule has 1 saturated carbocycles. The molecule has 0 aromatic heterocycles. The van der Waals surface area contributed by atoms with E-state index in [1.807, 2.05) is 6.92 Å². The molecule has 1 rings (SSSR count). The van der Waals surface area contributed by atoms with Gasteiger partial charge in [-0.2, -0.15) is 0 Å². The largest absolute Gasteiger partial charge is 0.462 e. The van der Waals surface area contributed by atoms with Crippen LogP contribution in [0.3, 0.4) is 0 Å². The fraction of sp³-hybridized carbons (Fsp3) is 0.923. The molecule has 0 spiro atoms. The van der Waals surface area contributed by atoms with E-state index in [1.54, 1.807) is 0 Å². The third kappa shape index (κ3) is 4.23. The molecule has 15 heavy (non-hydrogen) atoms. The van der Waals surface area contributed by atoms with Gasteiger partial charge in [-0.25, -0.2) is 0 Å². The summed E-state index contributed by atoms with van der Waals surface area (Å²) in [5.74, 6) is 1.28. The van der Waals surface area contributed by atoms with E-state index in [2.05, 4.69) is 13.8 Å². The van der Waals surface area contributed by atoms with Gasteiger partial charge >= 0.3 is 5.97 Å². The van der Waals surface area contributed by atoms with Crippen LogP contribution in [-0.4, -0.2) is 12.1 Å². The summed E-state index contributed by atoms with van der Waals surface area (Å²) in [6, 6.07) is 0. The van der Waals surface area contributed by atoms with E-state index < -0.39 is 0 Å². The van der Waals surface area contributed by atoms with Gasteiger partial charge in [-0.3, -0.25) is 4.79 Å². The number of ether oxygens (including phenoxy) is 1. The summed E-state index contributed by atoms with van der Waals surface area (Å²) in [6.07, 6.45) is 6.73. The molecule has 1 aliphatic rings. The Morgan fingerprint density at radius 2 is 2.00 bits per heavy atom. The van der Waals surface area contributed by atoms with E-state index in [9.17, 15) is 4.79 Å². The average Bonchev–Trinajstić information content (AvgIpc) is 2.20. The van der Waals surface area contributed by atoms with Crippen molar-refractivity contribution in [3.05, 3.63) is 0 Å². The first-order valence-corrected chi connectivity index (χ1v) is 6.33. The van der Waals surface area contributed by atoms with Crippen molar-refractivity contribution in [3.8, 4) is 0 Å². The standard InChI is InChI=1S/C13H24O2/c1-4-13(14)15-12-8-6-5-7-11(12)9-10(2)3/h10-12H,4-9H2,1-3H3. The predicted molar refractivity (Wildman–Crippen MR) is 61.6 cm³/mol. The quantitative estimate of drug-likeness (QED) is 0.666. The van der Waals surface area contributed by atoms with E-state index in [4.69, 9.17) is 4.74 Å². The van der Waals surface area contributed by atoms with Crippen LogP contribution in [0.2, 0.25) is 0 Å². The molecule has 0 amide bonds. The first-order valence-electron chi connectivity index (χ1n) is 6.33. The van der Waals surface area contributed by atoms with Crippen molar-refractivity contribution in [2.24, 2.45) is 11.8 Å². The van der Waals surface area contributed by atoms with Gasteiger partial charge in [-0.05, 0) is 37.5 Å². The molecular weight excluding hydrogens is 188 g/mol. The summed E-state index contributed by atoms with van der Waals surface area (Å²) in [7, 11) is 0. The van der Waals surface area contributed by atoms with Crippen LogP contribution in [0, 0.1) is 11.8 Å². The van der Waals surface area contributed by atoms with Crippen LogP contribution in [0.1, 0.15) is 59.3 Å². The second-order valence-corrected chi connectivity index (χ2v) is 5.06. The molecule has 0 heterocycles. The van der Waals surface area contributed by atoms with Gasteiger partial charge in [0.15, 0.2) is 0 Å².